The minimum atomic E-state index is -0.440. The van der Waals surface area contributed by atoms with Gasteiger partial charge in [0.1, 0.15) is 18.0 Å². The van der Waals surface area contributed by atoms with Crippen molar-refractivity contribution in [3.63, 3.8) is 0 Å². The summed E-state index contributed by atoms with van der Waals surface area (Å²) in [5.41, 5.74) is 0.831. The minimum Gasteiger partial charge on any atom is -0.462 e. The van der Waals surface area contributed by atoms with Crippen molar-refractivity contribution in [3.05, 3.63) is 12.2 Å². The number of ether oxygens (including phenoxy) is 2. The Kier molecular flexibility index (Phi) is 5.51. The lowest BCUT2D eigenvalue weighted by molar-refractivity contribution is -0.154. The molecule has 0 spiro atoms. The van der Waals surface area contributed by atoms with Crippen LogP contribution < -0.4 is 0 Å². The second-order valence-electron chi connectivity index (χ2n) is 7.51. The minimum absolute atomic E-state index is 0.00833. The fourth-order valence-corrected chi connectivity index (χ4v) is 4.64. The number of Topliss-reactive ketones (excluding diaryl/α,β-unsaturated/α-hetero) is 1. The van der Waals surface area contributed by atoms with Gasteiger partial charge in [-0.2, -0.15) is 0 Å². The van der Waals surface area contributed by atoms with Gasteiger partial charge < -0.3 is 9.47 Å². The van der Waals surface area contributed by atoms with Crippen molar-refractivity contribution in [2.75, 3.05) is 0 Å². The first-order valence-corrected chi connectivity index (χ1v) is 8.69. The number of hydrogen-bond donors (Lipinski definition) is 0. The van der Waals surface area contributed by atoms with E-state index in [2.05, 4.69) is 20.4 Å². The average Bonchev–Trinajstić information content (AvgIpc) is 2.78. The van der Waals surface area contributed by atoms with Crippen molar-refractivity contribution >= 4 is 17.7 Å². The van der Waals surface area contributed by atoms with Gasteiger partial charge >= 0.3 is 11.9 Å². The fraction of sp³-hybridized carbons (Fsp3) is 0.737. The number of rotatable bonds is 4. The van der Waals surface area contributed by atoms with Gasteiger partial charge in [-0.15, -0.1) is 0 Å². The average molecular weight is 336 g/mol. The quantitative estimate of drug-likeness (QED) is 0.583. The molecule has 0 heterocycles. The lowest BCUT2D eigenvalue weighted by Crippen LogP contribution is -2.44. The highest BCUT2D eigenvalue weighted by molar-refractivity contribution is 5.85. The van der Waals surface area contributed by atoms with Gasteiger partial charge in [0.2, 0.25) is 0 Å². The summed E-state index contributed by atoms with van der Waals surface area (Å²) in [6.07, 6.45) is 0.297. The van der Waals surface area contributed by atoms with E-state index in [0.29, 0.717) is 18.8 Å². The molecule has 0 radical (unpaired) electrons. The van der Waals surface area contributed by atoms with Crippen molar-refractivity contribution in [2.24, 2.45) is 29.6 Å². The van der Waals surface area contributed by atoms with Gasteiger partial charge in [0.15, 0.2) is 0 Å². The third-order valence-corrected chi connectivity index (χ3v) is 5.56. The summed E-state index contributed by atoms with van der Waals surface area (Å²) < 4.78 is 10.8. The Morgan fingerprint density at radius 3 is 2.29 bits per heavy atom. The SMILES string of the molecule is C=C1[C@H](OC(C)=O)C[C@@H](C(C)C)[C@@H]2[C@@H]([C@@H](C)OC(C)=O)C(=O)C[C@@H]12. The van der Waals surface area contributed by atoms with Crippen LogP contribution in [0.2, 0.25) is 0 Å². The number of carbonyl (C=O) groups is 3. The van der Waals surface area contributed by atoms with Crippen LogP contribution in [0.5, 0.6) is 0 Å². The predicted octanol–water partition coefficient (Wildman–Crippen LogP) is 2.92. The van der Waals surface area contributed by atoms with Crippen LogP contribution in [0.3, 0.4) is 0 Å². The van der Waals surface area contributed by atoms with E-state index in [4.69, 9.17) is 9.47 Å². The molecule has 0 unspecified atom stereocenters. The molecule has 2 aliphatic rings. The van der Waals surface area contributed by atoms with Gasteiger partial charge in [0.25, 0.3) is 0 Å². The number of fused-ring (bicyclic) bond motifs is 1. The van der Waals surface area contributed by atoms with Crippen molar-refractivity contribution in [1.29, 1.82) is 0 Å². The third kappa shape index (κ3) is 3.55. The summed E-state index contributed by atoms with van der Waals surface area (Å²) in [6.45, 7) is 12.9. The lowest BCUT2D eigenvalue weighted by Gasteiger charge is -2.44. The van der Waals surface area contributed by atoms with Crippen LogP contribution >= 0.6 is 0 Å². The van der Waals surface area contributed by atoms with Gasteiger partial charge in [-0.1, -0.05) is 20.4 Å². The van der Waals surface area contributed by atoms with Crippen molar-refractivity contribution in [3.8, 4) is 0 Å². The number of carbonyl (C=O) groups excluding carboxylic acids is 3. The highest BCUT2D eigenvalue weighted by Gasteiger charge is 2.54. The molecule has 134 valence electrons. The summed E-state index contributed by atoms with van der Waals surface area (Å²) in [5.74, 6) is -0.239. The molecule has 0 aromatic heterocycles. The molecule has 0 N–H and O–H groups in total. The lowest BCUT2D eigenvalue weighted by atomic mass is 9.63. The van der Waals surface area contributed by atoms with E-state index in [1.807, 2.05) is 0 Å². The molecule has 0 bridgehead atoms. The number of hydrogen-bond acceptors (Lipinski definition) is 5. The van der Waals surface area contributed by atoms with Gasteiger partial charge in [0, 0.05) is 20.3 Å². The Morgan fingerprint density at radius 2 is 1.79 bits per heavy atom. The molecule has 0 amide bonds. The fourth-order valence-electron chi connectivity index (χ4n) is 4.64. The summed E-state index contributed by atoms with van der Waals surface area (Å²) in [7, 11) is 0. The second kappa shape index (κ2) is 7.08. The Hall–Kier alpha value is -1.65. The first kappa shape index (κ1) is 18.7. The van der Waals surface area contributed by atoms with E-state index in [0.717, 1.165) is 5.57 Å². The highest BCUT2D eigenvalue weighted by Crippen LogP contribution is 2.53. The Labute approximate surface area is 143 Å². The topological polar surface area (TPSA) is 69.7 Å². The largest absolute Gasteiger partial charge is 0.462 e. The first-order valence-electron chi connectivity index (χ1n) is 8.69. The molecule has 6 atom stereocenters. The molecule has 2 aliphatic carbocycles. The van der Waals surface area contributed by atoms with Gasteiger partial charge in [-0.05, 0) is 42.6 Å². The van der Waals surface area contributed by atoms with Crippen molar-refractivity contribution < 1.29 is 23.9 Å². The van der Waals surface area contributed by atoms with Crippen LogP contribution in [0.1, 0.15) is 47.5 Å². The summed E-state index contributed by atoms with van der Waals surface area (Å²) in [6, 6.07) is 0. The maximum atomic E-state index is 12.7. The zero-order valence-electron chi connectivity index (χ0n) is 15.2. The maximum Gasteiger partial charge on any atom is 0.303 e. The number of esters is 2. The zero-order valence-corrected chi connectivity index (χ0v) is 15.2. The van der Waals surface area contributed by atoms with E-state index in [1.165, 1.54) is 13.8 Å². The molecule has 0 saturated heterocycles. The summed E-state index contributed by atoms with van der Waals surface area (Å²) in [4.78, 5) is 35.4. The number of ketones is 1. The van der Waals surface area contributed by atoms with Crippen molar-refractivity contribution in [1.82, 2.24) is 0 Å². The normalized spacial score (nSPS) is 34.0. The van der Waals surface area contributed by atoms with Crippen LogP contribution in [0.15, 0.2) is 12.2 Å². The van der Waals surface area contributed by atoms with Crippen LogP contribution in [-0.4, -0.2) is 29.9 Å². The molecule has 5 nitrogen and oxygen atoms in total. The highest BCUT2D eigenvalue weighted by atomic mass is 16.5. The van der Waals surface area contributed by atoms with Gasteiger partial charge in [0.05, 0.1) is 5.92 Å². The van der Waals surface area contributed by atoms with E-state index in [-0.39, 0.29) is 47.5 Å². The van der Waals surface area contributed by atoms with Crippen LogP contribution in [0.4, 0.5) is 0 Å². The molecule has 2 saturated carbocycles. The summed E-state index contributed by atoms with van der Waals surface area (Å²) in [5, 5.41) is 0. The Bertz CT molecular complexity index is 550. The molecule has 2 rings (SSSR count). The molecule has 2 fully saturated rings. The molecular weight excluding hydrogens is 308 g/mol. The van der Waals surface area contributed by atoms with Crippen LogP contribution in [0.25, 0.3) is 0 Å². The van der Waals surface area contributed by atoms with Crippen LogP contribution in [-0.2, 0) is 23.9 Å². The van der Waals surface area contributed by atoms with Gasteiger partial charge in [-0.3, -0.25) is 14.4 Å². The second-order valence-corrected chi connectivity index (χ2v) is 7.51. The third-order valence-electron chi connectivity index (χ3n) is 5.56. The Morgan fingerprint density at radius 1 is 1.17 bits per heavy atom. The molecule has 0 aromatic rings. The summed E-state index contributed by atoms with van der Waals surface area (Å²) >= 11 is 0. The monoisotopic (exact) mass is 336 g/mol. The molecule has 0 aromatic carbocycles. The van der Waals surface area contributed by atoms with E-state index >= 15 is 0 Å². The van der Waals surface area contributed by atoms with Crippen LogP contribution in [0, 0.1) is 29.6 Å². The van der Waals surface area contributed by atoms with Gasteiger partial charge in [-0.25, -0.2) is 0 Å². The predicted molar refractivity (Wildman–Crippen MR) is 89.0 cm³/mol. The molecule has 0 aliphatic heterocycles. The zero-order chi connectivity index (χ0) is 18.2. The standard InChI is InChI=1S/C19H28O5/c1-9(2)14-8-17(24-13(6)21)10(3)15-7-16(22)18(19(14)15)11(4)23-12(5)20/h9,11,14-15,17-19H,3,7-8H2,1-2,4-6H3/t11-,14+,15+,17-,18+,19+/m1/s1. The molecule has 24 heavy (non-hydrogen) atoms. The maximum absolute atomic E-state index is 12.7. The Balaban J connectivity index is 2.32. The molecule has 5 heteroatoms. The van der Waals surface area contributed by atoms with E-state index in [1.54, 1.807) is 6.92 Å². The smallest absolute Gasteiger partial charge is 0.303 e. The first-order chi connectivity index (χ1) is 11.1. The molecular formula is C19H28O5. The van der Waals surface area contributed by atoms with E-state index < -0.39 is 6.10 Å². The van der Waals surface area contributed by atoms with Crippen molar-refractivity contribution in [2.45, 2.75) is 59.7 Å². The van der Waals surface area contributed by atoms with E-state index in [9.17, 15) is 14.4 Å².